The lowest BCUT2D eigenvalue weighted by atomic mass is 10.2. The number of rotatable bonds is 9. The van der Waals surface area contributed by atoms with E-state index >= 15 is 0 Å². The van der Waals surface area contributed by atoms with E-state index in [4.69, 9.17) is 9.47 Å². The molecule has 1 amide bonds. The molecule has 0 atom stereocenters. The minimum atomic E-state index is -3.38. The Morgan fingerprint density at radius 3 is 2.57 bits per heavy atom. The number of hydrogen-bond acceptors (Lipinski definition) is 5. The summed E-state index contributed by atoms with van der Waals surface area (Å²) in [5.74, 6) is 0.741. The minimum absolute atomic E-state index is 0.0152. The molecule has 8 heteroatoms. The van der Waals surface area contributed by atoms with Crippen LogP contribution in [-0.4, -0.2) is 52.2 Å². The Labute approximate surface area is 136 Å². The fraction of sp³-hybridized carbons (Fsp3) is 0.400. The van der Waals surface area contributed by atoms with E-state index in [1.54, 1.807) is 18.2 Å². The predicted molar refractivity (Wildman–Crippen MR) is 89.4 cm³/mol. The van der Waals surface area contributed by atoms with E-state index in [-0.39, 0.29) is 25.4 Å². The number of nitrogens with one attached hydrogen (secondary N) is 1. The second kappa shape index (κ2) is 8.54. The Balaban J connectivity index is 2.75. The third kappa shape index (κ3) is 5.91. The van der Waals surface area contributed by atoms with Crippen molar-refractivity contribution in [2.75, 3.05) is 38.9 Å². The Bertz CT molecular complexity index is 658. The lowest BCUT2D eigenvalue weighted by Crippen LogP contribution is -2.33. The van der Waals surface area contributed by atoms with Gasteiger partial charge in [0.05, 0.1) is 26.2 Å². The van der Waals surface area contributed by atoms with Crippen LogP contribution in [0.5, 0.6) is 11.5 Å². The fourth-order valence-electron chi connectivity index (χ4n) is 1.89. The van der Waals surface area contributed by atoms with Crippen molar-refractivity contribution in [3.63, 3.8) is 0 Å². The molecule has 0 unspecified atom stereocenters. The van der Waals surface area contributed by atoms with Crippen molar-refractivity contribution in [3.8, 4) is 11.5 Å². The van der Waals surface area contributed by atoms with Crippen LogP contribution >= 0.6 is 0 Å². The first-order chi connectivity index (χ1) is 10.8. The van der Waals surface area contributed by atoms with Crippen LogP contribution in [0.2, 0.25) is 0 Å². The first-order valence-electron chi connectivity index (χ1n) is 6.89. The van der Waals surface area contributed by atoms with E-state index in [1.807, 2.05) is 0 Å². The summed E-state index contributed by atoms with van der Waals surface area (Å²) in [5, 5.41) is 2.69. The summed E-state index contributed by atoms with van der Waals surface area (Å²) in [7, 11) is -0.368. The normalized spacial score (nSPS) is 11.1. The lowest BCUT2D eigenvalue weighted by Gasteiger charge is -2.18. The summed E-state index contributed by atoms with van der Waals surface area (Å²) in [4.78, 5) is 12.1. The smallest absolute Gasteiger partial charge is 0.225 e. The Hall–Kier alpha value is -2.06. The van der Waals surface area contributed by atoms with E-state index in [2.05, 4.69) is 11.9 Å². The predicted octanol–water partition coefficient (Wildman–Crippen LogP) is 1.48. The number of carbonyl (C=O) groups is 1. The zero-order valence-electron chi connectivity index (χ0n) is 13.5. The molecule has 0 fully saturated rings. The molecule has 1 N–H and O–H groups in total. The van der Waals surface area contributed by atoms with Crippen molar-refractivity contribution in [2.45, 2.75) is 6.42 Å². The van der Waals surface area contributed by atoms with Crippen LogP contribution in [0.3, 0.4) is 0 Å². The van der Waals surface area contributed by atoms with Gasteiger partial charge in [0.25, 0.3) is 0 Å². The number of nitrogens with zero attached hydrogens (tertiary/aromatic N) is 1. The molecule has 0 aliphatic rings. The van der Waals surface area contributed by atoms with Crippen molar-refractivity contribution in [1.29, 1.82) is 0 Å². The highest BCUT2D eigenvalue weighted by atomic mass is 32.2. The molecule has 0 heterocycles. The van der Waals surface area contributed by atoms with Gasteiger partial charge in [0.1, 0.15) is 11.5 Å². The number of hydrogen-bond donors (Lipinski definition) is 1. The molecule has 0 saturated carbocycles. The number of methoxy groups -OCH3 is 2. The second-order valence-electron chi connectivity index (χ2n) is 4.77. The van der Waals surface area contributed by atoms with Gasteiger partial charge in [0.15, 0.2) is 0 Å². The first kappa shape index (κ1) is 19.0. The number of ether oxygens (including phenoxy) is 2. The standard InChI is InChI=1S/C15H22N2O5S/c1-5-9-17(23(4,19)20)10-8-15(18)16-13-11-12(21-2)6-7-14(13)22-3/h5-7,11H,1,8-10H2,2-4H3,(H,16,18). The van der Waals surface area contributed by atoms with Crippen molar-refractivity contribution in [1.82, 2.24) is 4.31 Å². The summed E-state index contributed by atoms with van der Waals surface area (Å²) in [6, 6.07) is 5.02. The van der Waals surface area contributed by atoms with Crippen LogP contribution in [0.15, 0.2) is 30.9 Å². The number of amides is 1. The van der Waals surface area contributed by atoms with Crippen LogP contribution in [0.4, 0.5) is 5.69 Å². The summed E-state index contributed by atoms with van der Waals surface area (Å²) >= 11 is 0. The van der Waals surface area contributed by atoms with Gasteiger partial charge in [-0.25, -0.2) is 8.42 Å². The van der Waals surface area contributed by atoms with Gasteiger partial charge < -0.3 is 14.8 Å². The highest BCUT2D eigenvalue weighted by Gasteiger charge is 2.17. The molecule has 0 aliphatic heterocycles. The molecule has 1 aromatic rings. The third-order valence-electron chi connectivity index (χ3n) is 3.07. The van der Waals surface area contributed by atoms with Crippen LogP contribution in [0.25, 0.3) is 0 Å². The van der Waals surface area contributed by atoms with Gasteiger partial charge in [-0.05, 0) is 12.1 Å². The molecule has 0 bridgehead atoms. The molecule has 7 nitrogen and oxygen atoms in total. The Kier molecular flexibility index (Phi) is 7.05. The number of benzene rings is 1. The quantitative estimate of drug-likeness (QED) is 0.687. The molecule has 0 radical (unpaired) electrons. The summed E-state index contributed by atoms with van der Waals surface area (Å²) in [6.45, 7) is 3.75. The van der Waals surface area contributed by atoms with Gasteiger partial charge in [-0.15, -0.1) is 6.58 Å². The van der Waals surface area contributed by atoms with E-state index in [9.17, 15) is 13.2 Å². The molecule has 0 aliphatic carbocycles. The van der Waals surface area contributed by atoms with Crippen molar-refractivity contribution < 1.29 is 22.7 Å². The molecule has 128 valence electrons. The largest absolute Gasteiger partial charge is 0.497 e. The van der Waals surface area contributed by atoms with Crippen LogP contribution in [0, 0.1) is 0 Å². The monoisotopic (exact) mass is 342 g/mol. The fourth-order valence-corrected chi connectivity index (χ4v) is 2.69. The molecule has 0 aromatic heterocycles. The molecule has 0 saturated heterocycles. The topological polar surface area (TPSA) is 84.9 Å². The van der Waals surface area contributed by atoms with E-state index in [1.165, 1.54) is 24.6 Å². The Morgan fingerprint density at radius 2 is 2.04 bits per heavy atom. The minimum Gasteiger partial charge on any atom is -0.497 e. The SMILES string of the molecule is C=CCN(CCC(=O)Nc1cc(OC)ccc1OC)S(C)(=O)=O. The number of sulfonamides is 1. The lowest BCUT2D eigenvalue weighted by molar-refractivity contribution is -0.116. The van der Waals surface area contributed by atoms with E-state index < -0.39 is 10.0 Å². The van der Waals surface area contributed by atoms with E-state index in [0.29, 0.717) is 17.2 Å². The molecule has 1 rings (SSSR count). The van der Waals surface area contributed by atoms with Gasteiger partial charge >= 0.3 is 0 Å². The van der Waals surface area contributed by atoms with Crippen LogP contribution < -0.4 is 14.8 Å². The van der Waals surface area contributed by atoms with Crippen molar-refractivity contribution >= 4 is 21.6 Å². The number of carbonyl (C=O) groups excluding carboxylic acids is 1. The van der Waals surface area contributed by atoms with Crippen LogP contribution in [0.1, 0.15) is 6.42 Å². The average molecular weight is 342 g/mol. The summed E-state index contributed by atoms with van der Waals surface area (Å²) in [6.07, 6.45) is 2.59. The van der Waals surface area contributed by atoms with Gasteiger partial charge in [0, 0.05) is 25.6 Å². The zero-order valence-corrected chi connectivity index (χ0v) is 14.4. The highest BCUT2D eigenvalue weighted by Crippen LogP contribution is 2.28. The van der Waals surface area contributed by atoms with Crippen molar-refractivity contribution in [2.24, 2.45) is 0 Å². The zero-order chi connectivity index (χ0) is 17.5. The third-order valence-corrected chi connectivity index (χ3v) is 4.34. The van der Waals surface area contributed by atoms with Gasteiger partial charge in [0.2, 0.25) is 15.9 Å². The van der Waals surface area contributed by atoms with Crippen molar-refractivity contribution in [3.05, 3.63) is 30.9 Å². The highest BCUT2D eigenvalue weighted by molar-refractivity contribution is 7.88. The van der Waals surface area contributed by atoms with Gasteiger partial charge in [-0.2, -0.15) is 4.31 Å². The van der Waals surface area contributed by atoms with Crippen LogP contribution in [-0.2, 0) is 14.8 Å². The molecule has 1 aromatic carbocycles. The molecular weight excluding hydrogens is 320 g/mol. The summed E-state index contributed by atoms with van der Waals surface area (Å²) in [5.41, 5.74) is 0.464. The molecule has 23 heavy (non-hydrogen) atoms. The number of anilines is 1. The second-order valence-corrected chi connectivity index (χ2v) is 6.76. The Morgan fingerprint density at radius 1 is 1.35 bits per heavy atom. The van der Waals surface area contributed by atoms with E-state index in [0.717, 1.165) is 6.26 Å². The first-order valence-corrected chi connectivity index (χ1v) is 8.74. The van der Waals surface area contributed by atoms with Gasteiger partial charge in [-0.1, -0.05) is 6.08 Å². The summed E-state index contributed by atoms with van der Waals surface area (Å²) < 4.78 is 34.6. The molecular formula is C15H22N2O5S. The average Bonchev–Trinajstić information content (AvgIpc) is 2.50. The molecule has 0 spiro atoms. The maximum atomic E-state index is 12.1. The van der Waals surface area contributed by atoms with Gasteiger partial charge in [-0.3, -0.25) is 4.79 Å². The maximum absolute atomic E-state index is 12.1. The maximum Gasteiger partial charge on any atom is 0.225 e.